The van der Waals surface area contributed by atoms with E-state index < -0.39 is 0 Å². The minimum atomic E-state index is -0.219. The van der Waals surface area contributed by atoms with Crippen LogP contribution in [0.5, 0.6) is 0 Å². The van der Waals surface area contributed by atoms with E-state index in [0.717, 1.165) is 25.3 Å². The zero-order valence-electron chi connectivity index (χ0n) is 14.0. The number of amides is 2. The highest BCUT2D eigenvalue weighted by Gasteiger charge is 2.38. The first kappa shape index (κ1) is 19.1. The molecular formula is C17H24ClN3O2S. The highest BCUT2D eigenvalue weighted by atomic mass is 35.5. The number of nitrogens with zero attached hydrogens (tertiary/aromatic N) is 2. The molecule has 5 nitrogen and oxygen atoms in total. The van der Waals surface area contributed by atoms with Crippen LogP contribution >= 0.6 is 24.2 Å². The molecule has 0 saturated carbocycles. The number of thioether (sulfide) groups is 1. The van der Waals surface area contributed by atoms with Crippen LogP contribution in [0.4, 0.5) is 5.69 Å². The van der Waals surface area contributed by atoms with Crippen molar-refractivity contribution in [3.63, 3.8) is 0 Å². The van der Waals surface area contributed by atoms with Gasteiger partial charge in [0.2, 0.25) is 11.8 Å². The molecule has 132 valence electrons. The Morgan fingerprint density at radius 2 is 2.00 bits per heavy atom. The lowest BCUT2D eigenvalue weighted by atomic mass is 10.1. The normalized spacial score (nSPS) is 24.0. The van der Waals surface area contributed by atoms with Gasteiger partial charge in [0, 0.05) is 49.2 Å². The number of piperazine rings is 1. The lowest BCUT2D eigenvalue weighted by molar-refractivity contribution is -0.138. The molecule has 1 aromatic rings. The van der Waals surface area contributed by atoms with Gasteiger partial charge in [-0.05, 0) is 37.4 Å². The molecule has 3 rings (SSSR count). The number of anilines is 1. The van der Waals surface area contributed by atoms with Crippen molar-refractivity contribution in [2.24, 2.45) is 5.92 Å². The van der Waals surface area contributed by atoms with Gasteiger partial charge in [-0.15, -0.1) is 24.2 Å². The van der Waals surface area contributed by atoms with E-state index in [4.69, 9.17) is 0 Å². The Bertz CT molecular complexity index is 596. The summed E-state index contributed by atoms with van der Waals surface area (Å²) in [6.07, 6.45) is 2.35. The Balaban J connectivity index is 0.00000208. The van der Waals surface area contributed by atoms with Crippen LogP contribution in [-0.4, -0.2) is 55.2 Å². The van der Waals surface area contributed by atoms with Crippen LogP contribution in [0.1, 0.15) is 13.3 Å². The average Bonchev–Trinajstić information content (AvgIpc) is 2.96. The van der Waals surface area contributed by atoms with Gasteiger partial charge in [-0.1, -0.05) is 0 Å². The van der Waals surface area contributed by atoms with Gasteiger partial charge in [-0.3, -0.25) is 9.59 Å². The van der Waals surface area contributed by atoms with Crippen molar-refractivity contribution in [3.8, 4) is 0 Å². The van der Waals surface area contributed by atoms with Crippen LogP contribution in [0.15, 0.2) is 29.2 Å². The predicted octanol–water partition coefficient (Wildman–Crippen LogP) is 2.00. The van der Waals surface area contributed by atoms with E-state index in [-0.39, 0.29) is 36.2 Å². The molecule has 0 bridgehead atoms. The second-order valence-corrected chi connectivity index (χ2v) is 7.07. The highest BCUT2D eigenvalue weighted by Crippen LogP contribution is 2.28. The first-order valence-electron chi connectivity index (χ1n) is 8.05. The molecule has 2 fully saturated rings. The third-order valence-corrected chi connectivity index (χ3v) is 5.39. The second-order valence-electron chi connectivity index (χ2n) is 6.19. The van der Waals surface area contributed by atoms with E-state index in [1.807, 2.05) is 35.4 Å². The fraction of sp³-hybridized carbons (Fsp3) is 0.529. The van der Waals surface area contributed by atoms with Crippen molar-refractivity contribution in [2.75, 3.05) is 37.3 Å². The SMILES string of the molecule is CSc1ccc(N2CC(C(=O)N3CCNC[C@@H]3C)CC2=O)cc1.Cl. The van der Waals surface area contributed by atoms with Gasteiger partial charge in [-0.2, -0.15) is 0 Å². The van der Waals surface area contributed by atoms with E-state index in [2.05, 4.69) is 12.2 Å². The standard InChI is InChI=1S/C17H23N3O2S.ClH/c1-12-10-18-7-8-19(12)17(22)13-9-16(21)20(11-13)14-3-5-15(23-2)6-4-14;/h3-6,12-13,18H,7-11H2,1-2H3;1H/t12-,13?;/m0./s1. The summed E-state index contributed by atoms with van der Waals surface area (Å²) >= 11 is 1.68. The minimum Gasteiger partial charge on any atom is -0.337 e. The number of halogens is 1. The number of hydrogen-bond acceptors (Lipinski definition) is 4. The summed E-state index contributed by atoms with van der Waals surface area (Å²) in [7, 11) is 0. The molecule has 0 spiro atoms. The topological polar surface area (TPSA) is 52.7 Å². The molecular weight excluding hydrogens is 346 g/mol. The number of carbonyl (C=O) groups is 2. The number of rotatable bonds is 3. The van der Waals surface area contributed by atoms with Gasteiger partial charge in [0.05, 0.1) is 5.92 Å². The minimum absolute atomic E-state index is 0. The smallest absolute Gasteiger partial charge is 0.228 e. The third-order valence-electron chi connectivity index (χ3n) is 4.64. The molecule has 2 heterocycles. The molecule has 1 aromatic carbocycles. The predicted molar refractivity (Wildman–Crippen MR) is 100.0 cm³/mol. The molecule has 2 amide bonds. The summed E-state index contributed by atoms with van der Waals surface area (Å²) in [5.41, 5.74) is 0.886. The van der Waals surface area contributed by atoms with E-state index in [9.17, 15) is 9.59 Å². The zero-order valence-corrected chi connectivity index (χ0v) is 15.7. The quantitative estimate of drug-likeness (QED) is 0.828. The van der Waals surface area contributed by atoms with Crippen molar-refractivity contribution < 1.29 is 9.59 Å². The Hall–Kier alpha value is -1.24. The van der Waals surface area contributed by atoms with Crippen molar-refractivity contribution in [2.45, 2.75) is 24.3 Å². The van der Waals surface area contributed by atoms with E-state index in [1.54, 1.807) is 16.7 Å². The Labute approximate surface area is 153 Å². The van der Waals surface area contributed by atoms with E-state index in [1.165, 1.54) is 4.90 Å². The maximum atomic E-state index is 12.7. The van der Waals surface area contributed by atoms with Crippen LogP contribution in [0.2, 0.25) is 0 Å². The Kier molecular flexibility index (Phi) is 6.54. The summed E-state index contributed by atoms with van der Waals surface area (Å²) in [5.74, 6) is -0.0538. The number of benzene rings is 1. The molecule has 2 aliphatic rings. The van der Waals surface area contributed by atoms with E-state index >= 15 is 0 Å². The molecule has 1 N–H and O–H groups in total. The average molecular weight is 370 g/mol. The first-order chi connectivity index (χ1) is 11.1. The number of hydrogen-bond donors (Lipinski definition) is 1. The zero-order chi connectivity index (χ0) is 16.4. The van der Waals surface area contributed by atoms with Crippen molar-refractivity contribution in [3.05, 3.63) is 24.3 Å². The van der Waals surface area contributed by atoms with Crippen LogP contribution in [0.3, 0.4) is 0 Å². The molecule has 2 aliphatic heterocycles. The summed E-state index contributed by atoms with van der Waals surface area (Å²) in [5, 5.41) is 3.29. The molecule has 1 unspecified atom stereocenters. The third kappa shape index (κ3) is 3.87. The van der Waals surface area contributed by atoms with Gasteiger partial charge >= 0.3 is 0 Å². The van der Waals surface area contributed by atoms with Crippen LogP contribution in [-0.2, 0) is 9.59 Å². The highest BCUT2D eigenvalue weighted by molar-refractivity contribution is 7.98. The van der Waals surface area contributed by atoms with Crippen molar-refractivity contribution in [1.29, 1.82) is 0 Å². The summed E-state index contributed by atoms with van der Waals surface area (Å²) in [4.78, 5) is 29.9. The molecule has 7 heteroatoms. The maximum Gasteiger partial charge on any atom is 0.228 e. The fourth-order valence-corrected chi connectivity index (χ4v) is 3.70. The Morgan fingerprint density at radius 3 is 2.62 bits per heavy atom. The van der Waals surface area contributed by atoms with Gasteiger partial charge < -0.3 is 15.1 Å². The second kappa shape index (κ2) is 8.23. The Morgan fingerprint density at radius 1 is 1.29 bits per heavy atom. The summed E-state index contributed by atoms with van der Waals surface area (Å²) in [6.45, 7) is 4.93. The first-order valence-corrected chi connectivity index (χ1v) is 9.28. The fourth-order valence-electron chi connectivity index (χ4n) is 3.29. The van der Waals surface area contributed by atoms with Gasteiger partial charge in [0.1, 0.15) is 0 Å². The molecule has 2 atom stereocenters. The van der Waals surface area contributed by atoms with Crippen LogP contribution in [0, 0.1) is 5.92 Å². The largest absolute Gasteiger partial charge is 0.337 e. The van der Waals surface area contributed by atoms with Crippen LogP contribution in [0.25, 0.3) is 0 Å². The summed E-state index contributed by atoms with van der Waals surface area (Å²) in [6, 6.07) is 8.15. The van der Waals surface area contributed by atoms with Crippen molar-refractivity contribution in [1.82, 2.24) is 10.2 Å². The molecule has 0 radical (unpaired) electrons. The summed E-state index contributed by atoms with van der Waals surface area (Å²) < 4.78 is 0. The van der Waals surface area contributed by atoms with Crippen LogP contribution < -0.4 is 10.2 Å². The van der Waals surface area contributed by atoms with Crippen molar-refractivity contribution >= 4 is 41.7 Å². The molecule has 2 saturated heterocycles. The van der Waals surface area contributed by atoms with Gasteiger partial charge in [0.25, 0.3) is 0 Å². The van der Waals surface area contributed by atoms with Gasteiger partial charge in [-0.25, -0.2) is 0 Å². The molecule has 0 aromatic heterocycles. The lowest BCUT2D eigenvalue weighted by Gasteiger charge is -2.35. The maximum absolute atomic E-state index is 12.7. The van der Waals surface area contributed by atoms with Gasteiger partial charge in [0.15, 0.2) is 0 Å². The van der Waals surface area contributed by atoms with E-state index in [0.29, 0.717) is 13.0 Å². The lowest BCUT2D eigenvalue weighted by Crippen LogP contribution is -2.54. The monoisotopic (exact) mass is 369 g/mol. The number of nitrogens with one attached hydrogen (secondary N) is 1. The number of carbonyl (C=O) groups excluding carboxylic acids is 2. The molecule has 0 aliphatic carbocycles. The molecule has 24 heavy (non-hydrogen) atoms.